The minimum absolute atomic E-state index is 0.188. The van der Waals surface area contributed by atoms with Gasteiger partial charge in [0, 0.05) is 23.7 Å². The highest BCUT2D eigenvalue weighted by Gasteiger charge is 2.16. The average Bonchev–Trinajstić information content (AvgIpc) is 2.62. The summed E-state index contributed by atoms with van der Waals surface area (Å²) < 4.78 is 6.97. The van der Waals surface area contributed by atoms with Crippen molar-refractivity contribution in [1.82, 2.24) is 9.55 Å². The van der Waals surface area contributed by atoms with Crippen molar-refractivity contribution in [2.75, 3.05) is 12.8 Å². The van der Waals surface area contributed by atoms with Crippen molar-refractivity contribution in [1.29, 1.82) is 0 Å². The van der Waals surface area contributed by atoms with Gasteiger partial charge in [0.2, 0.25) is 0 Å². The van der Waals surface area contributed by atoms with Gasteiger partial charge in [0.1, 0.15) is 17.1 Å². The van der Waals surface area contributed by atoms with Gasteiger partial charge in [-0.25, -0.2) is 4.98 Å². The van der Waals surface area contributed by atoms with E-state index in [4.69, 9.17) is 10.5 Å². The Labute approximate surface area is 140 Å². The quantitative estimate of drug-likeness (QED) is 0.780. The minimum atomic E-state index is -0.188. The summed E-state index contributed by atoms with van der Waals surface area (Å²) >= 11 is 0. The first-order valence-electron chi connectivity index (χ1n) is 8.08. The highest BCUT2D eigenvalue weighted by atomic mass is 16.5. The molecule has 2 heterocycles. The molecule has 0 spiro atoms. The van der Waals surface area contributed by atoms with Crippen molar-refractivity contribution in [2.24, 2.45) is 0 Å². The van der Waals surface area contributed by atoms with Crippen LogP contribution in [0.1, 0.15) is 19.8 Å². The lowest BCUT2D eigenvalue weighted by molar-refractivity contribution is 0.415. The zero-order valence-electron chi connectivity index (χ0n) is 14.0. The smallest absolute Gasteiger partial charge is 0.275 e. The number of methoxy groups -OCH3 is 1. The van der Waals surface area contributed by atoms with Crippen LogP contribution < -0.4 is 16.0 Å². The monoisotopic (exact) mass is 323 g/mol. The third-order valence-corrected chi connectivity index (χ3v) is 4.15. The fraction of sp³-hybridized carbons (Fsp3) is 0.263. The summed E-state index contributed by atoms with van der Waals surface area (Å²) in [7, 11) is 1.62. The summed E-state index contributed by atoms with van der Waals surface area (Å²) in [5.41, 5.74) is 8.54. The topological polar surface area (TPSA) is 70.1 Å². The molecule has 124 valence electrons. The second-order valence-electron chi connectivity index (χ2n) is 5.71. The summed E-state index contributed by atoms with van der Waals surface area (Å²) in [6, 6.07) is 11.4. The van der Waals surface area contributed by atoms with E-state index in [0.717, 1.165) is 35.1 Å². The molecule has 24 heavy (non-hydrogen) atoms. The van der Waals surface area contributed by atoms with Gasteiger partial charge in [-0.15, -0.1) is 0 Å². The van der Waals surface area contributed by atoms with E-state index in [-0.39, 0.29) is 11.2 Å². The maximum absolute atomic E-state index is 12.8. The van der Waals surface area contributed by atoms with Crippen molar-refractivity contribution in [3.05, 3.63) is 52.9 Å². The standard InChI is InChI=1S/C19H21N3O2/c1-3-4-11-22-18-15(9-6-10-21-18)16(17(20)19(22)23)13-7-5-8-14(12-13)24-2/h5-10,12H,3-4,11,20H2,1-2H3. The SMILES string of the molecule is CCCCn1c(=O)c(N)c(-c2cccc(OC)c2)c2cccnc21. The third kappa shape index (κ3) is 2.73. The summed E-state index contributed by atoms with van der Waals surface area (Å²) in [6.45, 7) is 2.71. The van der Waals surface area contributed by atoms with Crippen LogP contribution in [-0.2, 0) is 6.54 Å². The largest absolute Gasteiger partial charge is 0.497 e. The number of unbranched alkanes of at least 4 members (excludes halogenated alkanes) is 1. The van der Waals surface area contributed by atoms with E-state index in [1.165, 1.54) is 0 Å². The van der Waals surface area contributed by atoms with E-state index in [0.29, 0.717) is 12.2 Å². The maximum Gasteiger partial charge on any atom is 0.275 e. The molecule has 1 aromatic carbocycles. The highest BCUT2D eigenvalue weighted by molar-refractivity contribution is 5.99. The van der Waals surface area contributed by atoms with E-state index in [1.807, 2.05) is 36.4 Å². The molecule has 3 aromatic rings. The van der Waals surface area contributed by atoms with E-state index >= 15 is 0 Å². The van der Waals surface area contributed by atoms with Gasteiger partial charge < -0.3 is 10.5 Å². The molecular weight excluding hydrogens is 302 g/mol. The molecule has 0 unspecified atom stereocenters. The minimum Gasteiger partial charge on any atom is -0.497 e. The zero-order chi connectivity index (χ0) is 17.1. The molecule has 0 aliphatic carbocycles. The highest BCUT2D eigenvalue weighted by Crippen LogP contribution is 2.33. The number of anilines is 1. The van der Waals surface area contributed by atoms with Crippen LogP contribution in [0.3, 0.4) is 0 Å². The number of hydrogen-bond donors (Lipinski definition) is 1. The fourth-order valence-corrected chi connectivity index (χ4v) is 2.91. The molecule has 0 fully saturated rings. The molecule has 0 saturated heterocycles. The molecule has 0 aliphatic heterocycles. The van der Waals surface area contributed by atoms with Crippen LogP contribution >= 0.6 is 0 Å². The van der Waals surface area contributed by atoms with Gasteiger partial charge in [-0.05, 0) is 36.2 Å². The predicted octanol–water partition coefficient (Wildman–Crippen LogP) is 3.45. The summed E-state index contributed by atoms with van der Waals surface area (Å²) in [5.74, 6) is 0.721. The Balaban J connectivity index is 2.33. The number of aromatic nitrogens is 2. The Hall–Kier alpha value is -2.82. The lowest BCUT2D eigenvalue weighted by atomic mass is 10.0. The molecule has 2 N–H and O–H groups in total. The molecule has 0 atom stereocenters. The number of ether oxygens (including phenoxy) is 1. The first-order valence-corrected chi connectivity index (χ1v) is 8.08. The fourth-order valence-electron chi connectivity index (χ4n) is 2.91. The van der Waals surface area contributed by atoms with Crippen LogP contribution in [0.4, 0.5) is 5.69 Å². The number of nitrogens with two attached hydrogens (primary N) is 1. The lowest BCUT2D eigenvalue weighted by Gasteiger charge is -2.15. The normalized spacial score (nSPS) is 10.9. The van der Waals surface area contributed by atoms with Crippen molar-refractivity contribution >= 4 is 16.7 Å². The van der Waals surface area contributed by atoms with Gasteiger partial charge in [0.15, 0.2) is 0 Å². The molecule has 0 amide bonds. The summed E-state index contributed by atoms with van der Waals surface area (Å²) in [6.07, 6.45) is 3.61. The number of aryl methyl sites for hydroxylation is 1. The number of hydrogen-bond acceptors (Lipinski definition) is 4. The van der Waals surface area contributed by atoms with E-state index < -0.39 is 0 Å². The second kappa shape index (κ2) is 6.74. The molecule has 2 aromatic heterocycles. The Morgan fingerprint density at radius 1 is 1.25 bits per heavy atom. The van der Waals surface area contributed by atoms with Crippen LogP contribution in [-0.4, -0.2) is 16.7 Å². The first kappa shape index (κ1) is 16.1. The molecule has 0 radical (unpaired) electrons. The number of nitrogens with zero attached hydrogens (tertiary/aromatic N) is 2. The molecule has 5 nitrogen and oxygen atoms in total. The number of fused-ring (bicyclic) bond motifs is 1. The van der Waals surface area contributed by atoms with E-state index in [1.54, 1.807) is 17.9 Å². The first-order chi connectivity index (χ1) is 11.7. The molecule has 0 aliphatic rings. The zero-order valence-corrected chi connectivity index (χ0v) is 14.0. The van der Waals surface area contributed by atoms with Crippen LogP contribution in [0, 0.1) is 0 Å². The number of nitrogen functional groups attached to an aromatic ring is 1. The predicted molar refractivity (Wildman–Crippen MR) is 97.3 cm³/mol. The Kier molecular flexibility index (Phi) is 4.51. The number of pyridine rings is 2. The molecule has 3 rings (SSSR count). The summed E-state index contributed by atoms with van der Waals surface area (Å²) in [4.78, 5) is 17.2. The number of benzene rings is 1. The van der Waals surface area contributed by atoms with Crippen LogP contribution in [0.15, 0.2) is 47.4 Å². The van der Waals surface area contributed by atoms with Crippen molar-refractivity contribution in [2.45, 2.75) is 26.3 Å². The Morgan fingerprint density at radius 2 is 2.08 bits per heavy atom. The van der Waals surface area contributed by atoms with Crippen LogP contribution in [0.25, 0.3) is 22.2 Å². The summed E-state index contributed by atoms with van der Waals surface area (Å²) in [5, 5.41) is 0.874. The third-order valence-electron chi connectivity index (χ3n) is 4.15. The van der Waals surface area contributed by atoms with Crippen molar-refractivity contribution in [3.63, 3.8) is 0 Å². The second-order valence-corrected chi connectivity index (χ2v) is 5.71. The molecule has 5 heteroatoms. The van der Waals surface area contributed by atoms with Gasteiger partial charge in [-0.3, -0.25) is 9.36 Å². The van der Waals surface area contributed by atoms with Gasteiger partial charge in [-0.1, -0.05) is 25.5 Å². The molecule has 0 bridgehead atoms. The van der Waals surface area contributed by atoms with Gasteiger partial charge in [0.05, 0.1) is 7.11 Å². The molecule has 0 saturated carbocycles. The van der Waals surface area contributed by atoms with Gasteiger partial charge in [-0.2, -0.15) is 0 Å². The van der Waals surface area contributed by atoms with Crippen molar-refractivity contribution < 1.29 is 4.74 Å². The average molecular weight is 323 g/mol. The van der Waals surface area contributed by atoms with E-state index in [9.17, 15) is 4.79 Å². The van der Waals surface area contributed by atoms with Crippen molar-refractivity contribution in [3.8, 4) is 16.9 Å². The van der Waals surface area contributed by atoms with Gasteiger partial charge >= 0.3 is 0 Å². The van der Waals surface area contributed by atoms with Gasteiger partial charge in [0.25, 0.3) is 5.56 Å². The lowest BCUT2D eigenvalue weighted by Crippen LogP contribution is -2.25. The molecular formula is C19H21N3O2. The van der Waals surface area contributed by atoms with Crippen LogP contribution in [0.5, 0.6) is 5.75 Å². The Morgan fingerprint density at radius 3 is 2.83 bits per heavy atom. The van der Waals surface area contributed by atoms with E-state index in [2.05, 4.69) is 11.9 Å². The number of rotatable bonds is 5. The van der Waals surface area contributed by atoms with Crippen LogP contribution in [0.2, 0.25) is 0 Å². The Bertz CT molecular complexity index is 932. The maximum atomic E-state index is 12.8.